The second-order valence-electron chi connectivity index (χ2n) is 4.58. The van der Waals surface area contributed by atoms with Gasteiger partial charge in [-0.05, 0) is 42.7 Å². The first-order valence-electron chi connectivity index (χ1n) is 5.72. The number of nitrogens with two attached hydrogens (primary N) is 1. The highest BCUT2D eigenvalue weighted by molar-refractivity contribution is 7.91. The Hall–Kier alpha value is -0.430. The van der Waals surface area contributed by atoms with E-state index < -0.39 is 10.0 Å². The minimum Gasteiger partial charge on any atom is -0.326 e. The lowest BCUT2D eigenvalue weighted by molar-refractivity contribution is 0.358. The summed E-state index contributed by atoms with van der Waals surface area (Å²) in [6.07, 6.45) is 2.28. The average molecular weight is 274 g/mol. The van der Waals surface area contributed by atoms with E-state index in [1.165, 1.54) is 15.6 Å². The van der Waals surface area contributed by atoms with Crippen molar-refractivity contribution in [2.24, 2.45) is 11.7 Å². The van der Waals surface area contributed by atoms with Gasteiger partial charge in [-0.2, -0.15) is 4.31 Å². The van der Waals surface area contributed by atoms with E-state index in [0.29, 0.717) is 16.7 Å². The van der Waals surface area contributed by atoms with Gasteiger partial charge in [0.2, 0.25) is 0 Å². The van der Waals surface area contributed by atoms with Gasteiger partial charge < -0.3 is 5.73 Å². The molecule has 6 heteroatoms. The molecule has 0 bridgehead atoms. The summed E-state index contributed by atoms with van der Waals surface area (Å²) in [4.78, 5) is 0. The van der Waals surface area contributed by atoms with Crippen LogP contribution in [-0.2, 0) is 16.6 Å². The normalized spacial score (nSPS) is 18.6. The third kappa shape index (κ3) is 2.54. The fourth-order valence-electron chi connectivity index (χ4n) is 1.83. The molecule has 1 aliphatic carbocycles. The number of hydrogen-bond acceptors (Lipinski definition) is 4. The van der Waals surface area contributed by atoms with Gasteiger partial charge in [-0.25, -0.2) is 8.42 Å². The first kappa shape index (κ1) is 13.0. The molecule has 2 rings (SSSR count). The summed E-state index contributed by atoms with van der Waals surface area (Å²) in [5.41, 5.74) is 6.37. The van der Waals surface area contributed by atoms with E-state index in [2.05, 4.69) is 0 Å². The lowest BCUT2D eigenvalue weighted by atomic mass is 10.2. The van der Waals surface area contributed by atoms with Crippen molar-refractivity contribution in [2.45, 2.75) is 36.6 Å². The topological polar surface area (TPSA) is 63.4 Å². The van der Waals surface area contributed by atoms with Crippen molar-refractivity contribution in [3.8, 4) is 0 Å². The van der Waals surface area contributed by atoms with E-state index in [1.54, 1.807) is 13.1 Å². The zero-order valence-corrected chi connectivity index (χ0v) is 11.7. The summed E-state index contributed by atoms with van der Waals surface area (Å²) < 4.78 is 26.6. The molecule has 0 aliphatic heterocycles. The average Bonchev–Trinajstić information content (AvgIpc) is 3.04. The van der Waals surface area contributed by atoms with Crippen molar-refractivity contribution < 1.29 is 8.42 Å². The smallest absolute Gasteiger partial charge is 0.252 e. The van der Waals surface area contributed by atoms with Crippen LogP contribution in [0.2, 0.25) is 0 Å². The van der Waals surface area contributed by atoms with Gasteiger partial charge in [0.15, 0.2) is 0 Å². The molecular formula is C11H18N2O2S2. The molecule has 0 aromatic carbocycles. The lowest BCUT2D eigenvalue weighted by Crippen LogP contribution is -2.36. The highest BCUT2D eigenvalue weighted by Crippen LogP contribution is 2.37. The summed E-state index contributed by atoms with van der Waals surface area (Å²) in [6.45, 7) is 2.36. The Morgan fingerprint density at radius 3 is 2.71 bits per heavy atom. The van der Waals surface area contributed by atoms with E-state index in [9.17, 15) is 8.42 Å². The van der Waals surface area contributed by atoms with Crippen LogP contribution in [0.25, 0.3) is 0 Å². The molecule has 0 saturated heterocycles. The summed E-state index contributed by atoms with van der Waals surface area (Å²) >= 11 is 1.25. The summed E-state index contributed by atoms with van der Waals surface area (Å²) in [5.74, 6) is 0.531. The van der Waals surface area contributed by atoms with Crippen molar-refractivity contribution in [2.75, 3.05) is 7.05 Å². The van der Waals surface area contributed by atoms with Gasteiger partial charge in [0, 0.05) is 19.6 Å². The van der Waals surface area contributed by atoms with E-state index >= 15 is 0 Å². The molecule has 1 aliphatic rings. The molecule has 1 fully saturated rings. The van der Waals surface area contributed by atoms with Crippen LogP contribution in [0, 0.1) is 5.92 Å². The summed E-state index contributed by atoms with van der Waals surface area (Å²) in [5, 5.41) is 1.81. The fourth-order valence-corrected chi connectivity index (χ4v) is 4.66. The molecule has 1 aromatic heterocycles. The molecule has 1 heterocycles. The third-order valence-electron chi connectivity index (χ3n) is 3.38. The fraction of sp³-hybridized carbons (Fsp3) is 0.636. The minimum atomic E-state index is -3.34. The van der Waals surface area contributed by atoms with E-state index in [4.69, 9.17) is 5.73 Å². The Morgan fingerprint density at radius 1 is 1.59 bits per heavy atom. The molecular weight excluding hydrogens is 256 g/mol. The monoisotopic (exact) mass is 274 g/mol. The van der Waals surface area contributed by atoms with Crippen LogP contribution in [0.4, 0.5) is 0 Å². The Bertz CT molecular complexity index is 491. The molecule has 1 atom stereocenters. The van der Waals surface area contributed by atoms with Crippen LogP contribution < -0.4 is 5.73 Å². The first-order valence-corrected chi connectivity index (χ1v) is 8.04. The molecule has 1 saturated carbocycles. The van der Waals surface area contributed by atoms with Crippen LogP contribution >= 0.6 is 11.3 Å². The maximum absolute atomic E-state index is 12.3. The largest absolute Gasteiger partial charge is 0.326 e. The molecule has 4 nitrogen and oxygen atoms in total. The number of thiophene rings is 1. The van der Waals surface area contributed by atoms with Crippen LogP contribution in [0.15, 0.2) is 15.7 Å². The number of rotatable bonds is 5. The van der Waals surface area contributed by atoms with Gasteiger partial charge in [-0.1, -0.05) is 0 Å². The number of nitrogens with zero attached hydrogens (tertiary/aromatic N) is 1. The Balaban J connectivity index is 2.22. The molecule has 1 aromatic rings. The SMILES string of the molecule is CC(C1CC1)N(C)S(=O)(=O)c1cc(CN)cs1. The Kier molecular flexibility index (Phi) is 3.58. The van der Waals surface area contributed by atoms with Crippen molar-refractivity contribution >= 4 is 21.4 Å². The highest BCUT2D eigenvalue weighted by atomic mass is 32.2. The molecule has 1 unspecified atom stereocenters. The van der Waals surface area contributed by atoms with E-state index in [0.717, 1.165) is 18.4 Å². The minimum absolute atomic E-state index is 0.0865. The van der Waals surface area contributed by atoms with Crippen molar-refractivity contribution in [3.63, 3.8) is 0 Å². The Morgan fingerprint density at radius 2 is 2.24 bits per heavy atom. The van der Waals surface area contributed by atoms with Gasteiger partial charge in [-0.3, -0.25) is 0 Å². The predicted molar refractivity (Wildman–Crippen MR) is 69.3 cm³/mol. The van der Waals surface area contributed by atoms with Gasteiger partial charge in [0.1, 0.15) is 4.21 Å². The second kappa shape index (κ2) is 4.68. The van der Waals surface area contributed by atoms with Gasteiger partial charge >= 0.3 is 0 Å². The van der Waals surface area contributed by atoms with Crippen molar-refractivity contribution in [1.82, 2.24) is 4.31 Å². The molecule has 17 heavy (non-hydrogen) atoms. The zero-order chi connectivity index (χ0) is 12.6. The van der Waals surface area contributed by atoms with E-state index in [-0.39, 0.29) is 6.04 Å². The Labute approximate surface area is 106 Å². The third-order valence-corrected chi connectivity index (χ3v) is 6.78. The molecule has 0 spiro atoms. The second-order valence-corrected chi connectivity index (χ2v) is 7.71. The first-order chi connectivity index (χ1) is 7.96. The maximum atomic E-state index is 12.3. The zero-order valence-electron chi connectivity index (χ0n) is 10.1. The van der Waals surface area contributed by atoms with E-state index in [1.807, 2.05) is 12.3 Å². The highest BCUT2D eigenvalue weighted by Gasteiger charge is 2.36. The van der Waals surface area contributed by atoms with Crippen LogP contribution in [0.1, 0.15) is 25.3 Å². The molecule has 0 radical (unpaired) electrons. The number of sulfonamides is 1. The quantitative estimate of drug-likeness (QED) is 0.887. The van der Waals surface area contributed by atoms with Crippen molar-refractivity contribution in [3.05, 3.63) is 17.0 Å². The summed E-state index contributed by atoms with van der Waals surface area (Å²) in [6, 6.07) is 1.76. The van der Waals surface area contributed by atoms with Crippen LogP contribution in [-0.4, -0.2) is 25.8 Å². The maximum Gasteiger partial charge on any atom is 0.252 e. The van der Waals surface area contributed by atoms with Gasteiger partial charge in [-0.15, -0.1) is 11.3 Å². The molecule has 2 N–H and O–H groups in total. The molecule has 0 amide bonds. The summed E-state index contributed by atoms with van der Waals surface area (Å²) in [7, 11) is -1.67. The van der Waals surface area contributed by atoms with Crippen molar-refractivity contribution in [1.29, 1.82) is 0 Å². The molecule has 96 valence electrons. The predicted octanol–water partition coefficient (Wildman–Crippen LogP) is 1.63. The van der Waals surface area contributed by atoms with Gasteiger partial charge in [0.05, 0.1) is 0 Å². The van der Waals surface area contributed by atoms with Gasteiger partial charge in [0.25, 0.3) is 10.0 Å². The van der Waals surface area contributed by atoms with Crippen LogP contribution in [0.5, 0.6) is 0 Å². The number of hydrogen-bond donors (Lipinski definition) is 1. The standard InChI is InChI=1S/C11H18N2O2S2/c1-8(10-3-4-10)13(2)17(14,15)11-5-9(6-12)7-16-11/h5,7-8,10H,3-4,6,12H2,1-2H3. The van der Waals surface area contributed by atoms with Crippen LogP contribution in [0.3, 0.4) is 0 Å². The lowest BCUT2D eigenvalue weighted by Gasteiger charge is -2.23.